The van der Waals surface area contributed by atoms with Crippen molar-refractivity contribution < 1.29 is 9.18 Å². The minimum Gasteiger partial charge on any atom is -0.287 e. The third-order valence-corrected chi connectivity index (χ3v) is 3.06. The Hall–Kier alpha value is -1.49. The summed E-state index contributed by atoms with van der Waals surface area (Å²) in [6.07, 6.45) is 1.55. The summed E-state index contributed by atoms with van der Waals surface area (Å²) in [6.45, 7) is 3.84. The summed E-state index contributed by atoms with van der Waals surface area (Å²) in [5, 5.41) is 4.07. The number of nitrogens with zero attached hydrogens (tertiary/aromatic N) is 2. The molecule has 2 rings (SSSR count). The van der Waals surface area contributed by atoms with Gasteiger partial charge in [-0.15, -0.1) is 0 Å². The molecule has 0 spiro atoms. The van der Waals surface area contributed by atoms with Gasteiger partial charge in [-0.25, -0.2) is 4.39 Å². The van der Waals surface area contributed by atoms with E-state index < -0.39 is 5.82 Å². The largest absolute Gasteiger partial charge is 0.287 e. The SMILES string of the molecule is CC(C)n1nccc1C(=O)c1ccc(Br)cc1F. The molecule has 1 aromatic carbocycles. The van der Waals surface area contributed by atoms with Crippen molar-refractivity contribution in [3.05, 3.63) is 52.0 Å². The number of hydrogen-bond acceptors (Lipinski definition) is 2. The molecule has 0 saturated heterocycles. The van der Waals surface area contributed by atoms with Gasteiger partial charge < -0.3 is 0 Å². The first-order valence-corrected chi connectivity index (χ1v) is 6.33. The number of hydrogen-bond donors (Lipinski definition) is 0. The van der Waals surface area contributed by atoms with E-state index in [1.165, 1.54) is 12.1 Å². The minimum atomic E-state index is -0.536. The van der Waals surface area contributed by atoms with Crippen molar-refractivity contribution in [1.82, 2.24) is 9.78 Å². The Labute approximate surface area is 113 Å². The summed E-state index contributed by atoms with van der Waals surface area (Å²) in [5.41, 5.74) is 0.451. The van der Waals surface area contributed by atoms with E-state index >= 15 is 0 Å². The van der Waals surface area contributed by atoms with Crippen LogP contribution in [0, 0.1) is 5.82 Å². The molecule has 0 amide bonds. The van der Waals surface area contributed by atoms with Gasteiger partial charge in [0.1, 0.15) is 11.5 Å². The maximum absolute atomic E-state index is 13.7. The van der Waals surface area contributed by atoms with Crippen molar-refractivity contribution >= 4 is 21.7 Å². The summed E-state index contributed by atoms with van der Waals surface area (Å²) >= 11 is 3.16. The van der Waals surface area contributed by atoms with E-state index in [1.54, 1.807) is 23.0 Å². The molecule has 0 bridgehead atoms. The fourth-order valence-electron chi connectivity index (χ4n) is 1.72. The zero-order valence-corrected chi connectivity index (χ0v) is 11.6. The average Bonchev–Trinajstić information content (AvgIpc) is 2.77. The van der Waals surface area contributed by atoms with Gasteiger partial charge in [0.25, 0.3) is 0 Å². The molecule has 0 N–H and O–H groups in total. The monoisotopic (exact) mass is 310 g/mol. The molecular formula is C13H12BrFN2O. The maximum atomic E-state index is 13.7. The first kappa shape index (κ1) is 13.0. The van der Waals surface area contributed by atoms with Crippen molar-refractivity contribution in [3.8, 4) is 0 Å². The molecule has 2 aromatic rings. The van der Waals surface area contributed by atoms with E-state index in [9.17, 15) is 9.18 Å². The maximum Gasteiger partial charge on any atom is 0.213 e. The molecule has 3 nitrogen and oxygen atoms in total. The summed E-state index contributed by atoms with van der Waals surface area (Å²) < 4.78 is 15.9. The number of carbonyl (C=O) groups excluding carboxylic acids is 1. The normalized spacial score (nSPS) is 10.9. The van der Waals surface area contributed by atoms with Gasteiger partial charge in [0.05, 0.1) is 5.56 Å². The number of aromatic nitrogens is 2. The van der Waals surface area contributed by atoms with E-state index in [4.69, 9.17) is 0 Å². The molecule has 0 unspecified atom stereocenters. The quantitative estimate of drug-likeness (QED) is 0.812. The zero-order valence-electron chi connectivity index (χ0n) is 10.0. The van der Waals surface area contributed by atoms with Crippen LogP contribution in [0.5, 0.6) is 0 Å². The predicted octanol–water partition coefficient (Wildman–Crippen LogP) is 3.60. The number of ketones is 1. The van der Waals surface area contributed by atoms with Gasteiger partial charge >= 0.3 is 0 Å². The Morgan fingerprint density at radius 2 is 2.11 bits per heavy atom. The van der Waals surface area contributed by atoms with Gasteiger partial charge in [-0.1, -0.05) is 15.9 Å². The van der Waals surface area contributed by atoms with Gasteiger partial charge in [-0.3, -0.25) is 9.48 Å². The second-order valence-corrected chi connectivity index (χ2v) is 5.12. The van der Waals surface area contributed by atoms with Gasteiger partial charge in [-0.2, -0.15) is 5.10 Å². The summed E-state index contributed by atoms with van der Waals surface area (Å²) in [4.78, 5) is 12.2. The molecule has 0 aliphatic rings. The second kappa shape index (κ2) is 5.02. The third-order valence-electron chi connectivity index (χ3n) is 2.57. The van der Waals surface area contributed by atoms with Crippen LogP contribution in [0.2, 0.25) is 0 Å². The fourth-order valence-corrected chi connectivity index (χ4v) is 2.05. The van der Waals surface area contributed by atoms with Crippen LogP contribution in [0.4, 0.5) is 4.39 Å². The molecule has 0 radical (unpaired) electrons. The molecular weight excluding hydrogens is 299 g/mol. The van der Waals surface area contributed by atoms with E-state index in [0.29, 0.717) is 10.2 Å². The van der Waals surface area contributed by atoms with Crippen LogP contribution in [-0.2, 0) is 0 Å². The highest BCUT2D eigenvalue weighted by Crippen LogP contribution is 2.19. The van der Waals surface area contributed by atoms with Crippen LogP contribution in [-0.4, -0.2) is 15.6 Å². The Bertz CT molecular complexity index is 592. The topological polar surface area (TPSA) is 34.9 Å². The average molecular weight is 311 g/mol. The van der Waals surface area contributed by atoms with E-state index in [2.05, 4.69) is 21.0 Å². The predicted molar refractivity (Wildman–Crippen MR) is 70.1 cm³/mol. The standard InChI is InChI=1S/C13H12BrFN2O/c1-8(2)17-12(5-6-16-17)13(18)10-4-3-9(14)7-11(10)15/h3-8H,1-2H3. The van der Waals surface area contributed by atoms with E-state index in [0.717, 1.165) is 0 Å². The molecule has 94 valence electrons. The molecule has 0 saturated carbocycles. The summed E-state index contributed by atoms with van der Waals surface area (Å²) in [5.74, 6) is -0.892. The Morgan fingerprint density at radius 3 is 2.72 bits per heavy atom. The lowest BCUT2D eigenvalue weighted by molar-refractivity contribution is 0.102. The fraction of sp³-hybridized carbons (Fsp3) is 0.231. The van der Waals surface area contributed by atoms with Crippen molar-refractivity contribution in [2.45, 2.75) is 19.9 Å². The molecule has 0 aliphatic heterocycles. The van der Waals surface area contributed by atoms with Crippen LogP contribution in [0.1, 0.15) is 35.9 Å². The Kier molecular flexibility index (Phi) is 3.61. The second-order valence-electron chi connectivity index (χ2n) is 4.21. The van der Waals surface area contributed by atoms with Crippen LogP contribution in [0.3, 0.4) is 0 Å². The highest BCUT2D eigenvalue weighted by atomic mass is 79.9. The van der Waals surface area contributed by atoms with Crippen LogP contribution < -0.4 is 0 Å². The van der Waals surface area contributed by atoms with Crippen LogP contribution >= 0.6 is 15.9 Å². The summed E-state index contributed by atoms with van der Waals surface area (Å²) in [7, 11) is 0. The van der Waals surface area contributed by atoms with Crippen molar-refractivity contribution in [1.29, 1.82) is 0 Å². The highest BCUT2D eigenvalue weighted by Gasteiger charge is 2.19. The first-order chi connectivity index (χ1) is 8.50. The number of rotatable bonds is 3. The van der Waals surface area contributed by atoms with E-state index in [-0.39, 0.29) is 17.4 Å². The van der Waals surface area contributed by atoms with Gasteiger partial charge in [0.15, 0.2) is 0 Å². The van der Waals surface area contributed by atoms with Gasteiger partial charge in [0.2, 0.25) is 5.78 Å². The van der Waals surface area contributed by atoms with Crippen molar-refractivity contribution in [2.75, 3.05) is 0 Å². The van der Waals surface area contributed by atoms with E-state index in [1.807, 2.05) is 13.8 Å². The summed E-state index contributed by atoms with van der Waals surface area (Å²) in [6, 6.07) is 6.05. The molecule has 18 heavy (non-hydrogen) atoms. The Balaban J connectivity index is 2.45. The molecule has 0 aliphatic carbocycles. The van der Waals surface area contributed by atoms with Crippen LogP contribution in [0.25, 0.3) is 0 Å². The van der Waals surface area contributed by atoms with Gasteiger partial charge in [-0.05, 0) is 38.1 Å². The van der Waals surface area contributed by atoms with Crippen LogP contribution in [0.15, 0.2) is 34.9 Å². The Morgan fingerprint density at radius 1 is 1.39 bits per heavy atom. The number of benzene rings is 1. The van der Waals surface area contributed by atoms with Crippen molar-refractivity contribution in [2.24, 2.45) is 0 Å². The molecule has 0 fully saturated rings. The number of carbonyl (C=O) groups is 1. The lowest BCUT2D eigenvalue weighted by Crippen LogP contribution is -2.14. The van der Waals surface area contributed by atoms with Crippen molar-refractivity contribution in [3.63, 3.8) is 0 Å². The molecule has 1 heterocycles. The molecule has 1 aromatic heterocycles. The third kappa shape index (κ3) is 2.36. The molecule has 0 atom stereocenters. The smallest absolute Gasteiger partial charge is 0.213 e. The molecule has 5 heteroatoms. The lowest BCUT2D eigenvalue weighted by Gasteiger charge is -2.10. The number of halogens is 2. The minimum absolute atomic E-state index is 0.0532. The lowest BCUT2D eigenvalue weighted by atomic mass is 10.1. The zero-order chi connectivity index (χ0) is 13.3. The highest BCUT2D eigenvalue weighted by molar-refractivity contribution is 9.10. The first-order valence-electron chi connectivity index (χ1n) is 5.54. The van der Waals surface area contributed by atoms with Gasteiger partial charge in [0, 0.05) is 16.7 Å².